The van der Waals surface area contributed by atoms with Crippen molar-refractivity contribution in [1.82, 2.24) is 16.0 Å². The maximum atomic E-state index is 12.7. The highest BCUT2D eigenvalue weighted by Gasteiger charge is 2.33. The van der Waals surface area contributed by atoms with Gasteiger partial charge in [0.25, 0.3) is 0 Å². The molecule has 0 aliphatic carbocycles. The van der Waals surface area contributed by atoms with Crippen LogP contribution in [0.3, 0.4) is 0 Å². The Morgan fingerprint density at radius 3 is 1.74 bits per heavy atom. The van der Waals surface area contributed by atoms with Crippen molar-refractivity contribution < 1.29 is 53.3 Å². The van der Waals surface area contributed by atoms with Crippen LogP contribution in [0.25, 0.3) is 0 Å². The number of nitrogens with two attached hydrogens (primary N) is 1. The van der Waals surface area contributed by atoms with Crippen LogP contribution in [0.4, 0.5) is 4.39 Å². The Bertz CT molecular complexity index is 804. The van der Waals surface area contributed by atoms with Gasteiger partial charge >= 0.3 is 17.9 Å². The number of carboxylic acid groups (broad SMARTS) is 3. The van der Waals surface area contributed by atoms with Gasteiger partial charge in [-0.3, -0.25) is 33.6 Å². The van der Waals surface area contributed by atoms with E-state index in [9.17, 15) is 38.0 Å². The Balaban J connectivity index is 5.57. The molecule has 0 aliphatic heterocycles. The van der Waals surface area contributed by atoms with E-state index in [1.165, 1.54) is 13.8 Å². The van der Waals surface area contributed by atoms with E-state index < -0.39 is 104 Å². The molecule has 4 atom stereocenters. The van der Waals surface area contributed by atoms with Crippen molar-refractivity contribution in [3.63, 3.8) is 0 Å². The van der Waals surface area contributed by atoms with E-state index in [0.717, 1.165) is 0 Å². The smallest absolute Gasteiger partial charge is 0.305 e. The standard InChI is InChI=1S/C19H29FN4O10/c1-8(2)16(19(34)23-11(6-15(30)31)12(25)7-20)24-18(33)10(3-4-13(26)27)22-17(32)9(21)5-14(28)29/h8-11,16H,3-7,21H2,1-2H3,(H,22,32)(H,23,34)(H,24,33)(H,26,27)(H,28,29)(H,30,31)/t9-,10-,11-,16-/m0/s1. The summed E-state index contributed by atoms with van der Waals surface area (Å²) < 4.78 is 12.7. The predicted molar refractivity (Wildman–Crippen MR) is 111 cm³/mol. The third kappa shape index (κ3) is 11.3. The third-order valence-corrected chi connectivity index (χ3v) is 4.47. The number of rotatable bonds is 16. The van der Waals surface area contributed by atoms with E-state index in [-0.39, 0.29) is 0 Å². The second-order valence-electron chi connectivity index (χ2n) is 7.69. The second kappa shape index (κ2) is 14.5. The van der Waals surface area contributed by atoms with Crippen molar-refractivity contribution in [2.75, 3.05) is 6.67 Å². The summed E-state index contributed by atoms with van der Waals surface area (Å²) in [7, 11) is 0. The maximum Gasteiger partial charge on any atom is 0.305 e. The Hall–Kier alpha value is -3.62. The molecule has 192 valence electrons. The summed E-state index contributed by atoms with van der Waals surface area (Å²) in [6.07, 6.45) is -2.66. The third-order valence-electron chi connectivity index (χ3n) is 4.47. The van der Waals surface area contributed by atoms with Crippen LogP contribution >= 0.6 is 0 Å². The minimum Gasteiger partial charge on any atom is -0.481 e. The molecule has 15 heteroatoms. The minimum absolute atomic E-state index is 0.429. The monoisotopic (exact) mass is 492 g/mol. The number of hydrogen-bond donors (Lipinski definition) is 7. The fraction of sp³-hybridized carbons (Fsp3) is 0.632. The summed E-state index contributed by atoms with van der Waals surface area (Å²) in [5.41, 5.74) is 5.44. The van der Waals surface area contributed by atoms with E-state index >= 15 is 0 Å². The van der Waals surface area contributed by atoms with Crippen LogP contribution in [0.2, 0.25) is 0 Å². The second-order valence-corrected chi connectivity index (χ2v) is 7.69. The average Bonchev–Trinajstić information content (AvgIpc) is 2.71. The Labute approximate surface area is 193 Å². The number of Topliss-reactive ketones (excluding diaryl/α,β-unsaturated/α-hetero) is 1. The zero-order valence-corrected chi connectivity index (χ0v) is 18.6. The predicted octanol–water partition coefficient (Wildman–Crippen LogP) is -2.22. The van der Waals surface area contributed by atoms with Gasteiger partial charge in [0.05, 0.1) is 18.9 Å². The highest BCUT2D eigenvalue weighted by molar-refractivity contribution is 5.97. The highest BCUT2D eigenvalue weighted by atomic mass is 19.1. The first-order chi connectivity index (χ1) is 15.7. The van der Waals surface area contributed by atoms with Crippen LogP contribution < -0.4 is 21.7 Å². The normalized spacial score (nSPS) is 14.3. The van der Waals surface area contributed by atoms with Crippen molar-refractivity contribution in [2.45, 2.75) is 63.7 Å². The number of carboxylic acids is 3. The lowest BCUT2D eigenvalue weighted by atomic mass is 10.0. The summed E-state index contributed by atoms with van der Waals surface area (Å²) >= 11 is 0. The fourth-order valence-corrected chi connectivity index (χ4v) is 2.66. The van der Waals surface area contributed by atoms with E-state index in [2.05, 4.69) is 16.0 Å². The van der Waals surface area contributed by atoms with E-state index in [0.29, 0.717) is 0 Å². The maximum absolute atomic E-state index is 12.7. The van der Waals surface area contributed by atoms with Crippen LogP contribution in [-0.2, 0) is 33.6 Å². The molecule has 34 heavy (non-hydrogen) atoms. The molecule has 0 aromatic rings. The summed E-state index contributed by atoms with van der Waals surface area (Å²) in [4.78, 5) is 81.6. The molecule has 0 aromatic carbocycles. The van der Waals surface area contributed by atoms with E-state index in [1.54, 1.807) is 0 Å². The zero-order chi connectivity index (χ0) is 26.6. The van der Waals surface area contributed by atoms with E-state index in [4.69, 9.17) is 21.1 Å². The number of carbonyl (C=O) groups is 7. The van der Waals surface area contributed by atoms with Crippen molar-refractivity contribution in [3.05, 3.63) is 0 Å². The summed E-state index contributed by atoms with van der Waals surface area (Å²) in [5, 5.41) is 33.0. The van der Waals surface area contributed by atoms with E-state index in [1.807, 2.05) is 0 Å². The number of nitrogens with one attached hydrogen (secondary N) is 3. The van der Waals surface area contributed by atoms with Crippen molar-refractivity contribution in [2.24, 2.45) is 11.7 Å². The number of ketones is 1. The van der Waals surface area contributed by atoms with Gasteiger partial charge in [0.15, 0.2) is 5.78 Å². The van der Waals surface area contributed by atoms with Gasteiger partial charge in [0, 0.05) is 6.42 Å². The lowest BCUT2D eigenvalue weighted by Crippen LogP contribution is -2.58. The highest BCUT2D eigenvalue weighted by Crippen LogP contribution is 2.07. The summed E-state index contributed by atoms with van der Waals surface area (Å²) in [6.45, 7) is 1.44. The van der Waals surface area contributed by atoms with Gasteiger partial charge in [0.2, 0.25) is 17.7 Å². The van der Waals surface area contributed by atoms with Gasteiger partial charge in [-0.15, -0.1) is 0 Å². The number of halogens is 1. The van der Waals surface area contributed by atoms with Crippen molar-refractivity contribution in [1.29, 1.82) is 0 Å². The average molecular weight is 492 g/mol. The number of alkyl halides is 1. The molecule has 0 aliphatic rings. The molecule has 3 amide bonds. The summed E-state index contributed by atoms with van der Waals surface area (Å²) in [6, 6.07) is -6.12. The van der Waals surface area contributed by atoms with Crippen LogP contribution in [0, 0.1) is 5.92 Å². The first-order valence-electron chi connectivity index (χ1n) is 10.1. The van der Waals surface area contributed by atoms with Crippen LogP contribution in [0.1, 0.15) is 39.5 Å². The molecular weight excluding hydrogens is 463 g/mol. The quantitative estimate of drug-likeness (QED) is 0.122. The molecule has 0 aromatic heterocycles. The molecule has 8 N–H and O–H groups in total. The van der Waals surface area contributed by atoms with Gasteiger partial charge in [-0.2, -0.15) is 0 Å². The first-order valence-corrected chi connectivity index (χ1v) is 10.1. The Morgan fingerprint density at radius 1 is 0.765 bits per heavy atom. The minimum atomic E-state index is -1.69. The lowest BCUT2D eigenvalue weighted by Gasteiger charge is -2.27. The number of hydrogen-bond acceptors (Lipinski definition) is 8. The van der Waals surface area contributed by atoms with Crippen molar-refractivity contribution >= 4 is 41.4 Å². The molecule has 0 unspecified atom stereocenters. The number of aliphatic carboxylic acids is 3. The van der Waals surface area contributed by atoms with Gasteiger partial charge in [-0.05, 0) is 12.3 Å². The zero-order valence-electron chi connectivity index (χ0n) is 18.6. The molecule has 14 nitrogen and oxygen atoms in total. The van der Waals surface area contributed by atoms with Gasteiger partial charge in [-0.1, -0.05) is 13.8 Å². The molecule has 0 bridgehead atoms. The molecule has 0 radical (unpaired) electrons. The van der Waals surface area contributed by atoms with Crippen LogP contribution in [-0.4, -0.2) is 87.6 Å². The summed E-state index contributed by atoms with van der Waals surface area (Å²) in [5.74, 6) is -9.07. The molecule has 0 saturated heterocycles. The van der Waals surface area contributed by atoms with Gasteiger partial charge in [-0.25, -0.2) is 4.39 Å². The largest absolute Gasteiger partial charge is 0.481 e. The molecule has 0 rings (SSSR count). The lowest BCUT2D eigenvalue weighted by molar-refractivity contribution is -0.141. The topological polar surface area (TPSA) is 242 Å². The molecular formula is C19H29FN4O10. The Kier molecular flexibility index (Phi) is 13.0. The number of carbonyl (C=O) groups excluding carboxylic acids is 4. The molecule has 0 fully saturated rings. The fourth-order valence-electron chi connectivity index (χ4n) is 2.66. The van der Waals surface area contributed by atoms with Gasteiger partial charge < -0.3 is 37.0 Å². The van der Waals surface area contributed by atoms with Crippen molar-refractivity contribution in [3.8, 4) is 0 Å². The Morgan fingerprint density at radius 2 is 1.29 bits per heavy atom. The number of amides is 3. The van der Waals surface area contributed by atoms with Crippen LogP contribution in [0.5, 0.6) is 0 Å². The molecule has 0 heterocycles. The van der Waals surface area contributed by atoms with Gasteiger partial charge in [0.1, 0.15) is 24.8 Å². The first kappa shape index (κ1) is 30.4. The van der Waals surface area contributed by atoms with Crippen LogP contribution in [0.15, 0.2) is 0 Å². The SMILES string of the molecule is CC(C)[C@H](NC(=O)[C@H](CCC(=O)O)NC(=O)[C@@H](N)CC(=O)O)C(=O)N[C@@H](CC(=O)O)C(=O)CF. The molecule has 0 spiro atoms. The molecule has 0 saturated carbocycles.